The van der Waals surface area contributed by atoms with E-state index in [0.717, 1.165) is 15.9 Å². The van der Waals surface area contributed by atoms with E-state index in [0.29, 0.717) is 26.0 Å². The van der Waals surface area contributed by atoms with Gasteiger partial charge in [0.1, 0.15) is 34.2 Å². The Morgan fingerprint density at radius 1 is 0.887 bits per heavy atom. The number of aromatic nitrogens is 1. The summed E-state index contributed by atoms with van der Waals surface area (Å²) in [7, 11) is 2.97. The van der Waals surface area contributed by atoms with Crippen molar-refractivity contribution in [1.29, 1.82) is 0 Å². The van der Waals surface area contributed by atoms with E-state index in [9.17, 15) is 34.1 Å². The number of aliphatic hydroxyl groups excluding tert-OH is 3. The molecule has 0 fully saturated rings. The van der Waals surface area contributed by atoms with Crippen molar-refractivity contribution in [2.24, 2.45) is 15.8 Å². The molecule has 53 heavy (non-hydrogen) atoms. The lowest BCUT2D eigenvalue weighted by atomic mass is 9.86. The molecule has 3 rings (SSSR count). The molecule has 0 radical (unpaired) electrons. The maximum Gasteiger partial charge on any atom is 0.343 e. The number of hydrogen-bond donors (Lipinski definition) is 3. The molecule has 0 aliphatic rings. The number of hydrogen-bond acceptors (Lipinski definition) is 11. The summed E-state index contributed by atoms with van der Waals surface area (Å²) < 4.78 is 37.9. The molecule has 0 saturated heterocycles. The number of nitrogens with zero attached hydrogens (tertiary/aromatic N) is 2. The van der Waals surface area contributed by atoms with E-state index in [2.05, 4.69) is 27.6 Å². The number of benzene rings is 2. The SMILES string of the molecule is CCOC(=O)C(C=N[C@H](CO)C(C)(C)C)=C(O)c1cc(I)c(OC)cc1F.CCOC(=O)c1cn([C@H](CO)C(C)(C)C)c2cc(OC)c(I)cc2c1=O. The normalized spacial score (nSPS) is 13.5. The molecule has 292 valence electrons. The standard InChI is InChI=1S/C19H25FINO5.C19H24INO5/c1-6-27-18(25)12(9-22-16(10-23)19(2,3)4)17(24)11-7-14(21)15(26-5)8-13(11)20;1-6-26-18(24)12-9-21(16(10-22)19(2,3)4)14-8-15(25-5)13(20)7-11(14)17(12)23/h7-9,16,23-24H,6,10H2,1-5H3;7-9,16,22H,6,10H2,1-5H3/t2*16-/m11/s1. The van der Waals surface area contributed by atoms with Crippen LogP contribution in [0.5, 0.6) is 11.5 Å². The fourth-order valence-corrected chi connectivity index (χ4v) is 6.41. The van der Waals surface area contributed by atoms with Crippen molar-refractivity contribution in [3.05, 3.63) is 70.3 Å². The Morgan fingerprint density at radius 3 is 1.94 bits per heavy atom. The Labute approximate surface area is 336 Å². The van der Waals surface area contributed by atoms with Crippen LogP contribution in [0.3, 0.4) is 0 Å². The summed E-state index contributed by atoms with van der Waals surface area (Å²) in [5.41, 5.74) is -0.969. The summed E-state index contributed by atoms with van der Waals surface area (Å²) in [6.07, 6.45) is 2.61. The lowest BCUT2D eigenvalue weighted by Crippen LogP contribution is -2.31. The smallest absolute Gasteiger partial charge is 0.343 e. The number of fused-ring (bicyclic) bond motifs is 1. The van der Waals surface area contributed by atoms with Crippen LogP contribution in [0.1, 0.15) is 77.4 Å². The lowest BCUT2D eigenvalue weighted by Gasteiger charge is -2.33. The first-order valence-electron chi connectivity index (χ1n) is 16.7. The summed E-state index contributed by atoms with van der Waals surface area (Å²) in [6, 6.07) is 5.09. The van der Waals surface area contributed by atoms with Gasteiger partial charge < -0.3 is 38.8 Å². The first-order chi connectivity index (χ1) is 24.7. The molecule has 1 heterocycles. The average Bonchev–Trinajstić information content (AvgIpc) is 3.07. The molecule has 0 spiro atoms. The maximum absolute atomic E-state index is 14.4. The number of pyridine rings is 1. The maximum atomic E-state index is 14.4. The number of carbonyl (C=O) groups is 2. The average molecular weight is 967 g/mol. The molecule has 3 N–H and O–H groups in total. The van der Waals surface area contributed by atoms with Crippen LogP contribution in [0.4, 0.5) is 4.39 Å². The third-order valence-electron chi connectivity index (χ3n) is 8.11. The molecule has 2 aromatic carbocycles. The number of methoxy groups -OCH3 is 2. The Morgan fingerprint density at radius 2 is 1.45 bits per heavy atom. The number of aliphatic imine (C=N–C) groups is 1. The van der Waals surface area contributed by atoms with Crippen LogP contribution in [0, 0.1) is 23.8 Å². The van der Waals surface area contributed by atoms with Gasteiger partial charge in [0.25, 0.3) is 0 Å². The third kappa shape index (κ3) is 11.6. The highest BCUT2D eigenvalue weighted by atomic mass is 127. The van der Waals surface area contributed by atoms with Crippen LogP contribution in [-0.4, -0.2) is 84.7 Å². The fraction of sp³-hybridized carbons (Fsp3) is 0.474. The van der Waals surface area contributed by atoms with Crippen LogP contribution < -0.4 is 14.9 Å². The minimum Gasteiger partial charge on any atom is -0.506 e. The van der Waals surface area contributed by atoms with Gasteiger partial charge in [-0.1, -0.05) is 41.5 Å². The monoisotopic (exact) mass is 966 g/mol. The summed E-state index contributed by atoms with van der Waals surface area (Å²) in [6.45, 7) is 14.8. The number of carbonyl (C=O) groups excluding carboxylic acids is 2. The molecule has 12 nitrogen and oxygen atoms in total. The van der Waals surface area contributed by atoms with Gasteiger partial charge in [-0.2, -0.15) is 0 Å². The van der Waals surface area contributed by atoms with E-state index in [4.69, 9.17) is 18.9 Å². The van der Waals surface area contributed by atoms with Crippen LogP contribution in [0.25, 0.3) is 16.7 Å². The quantitative estimate of drug-likeness (QED) is 0.0560. The molecule has 15 heteroatoms. The van der Waals surface area contributed by atoms with Crippen molar-refractivity contribution in [1.82, 2.24) is 4.57 Å². The zero-order valence-electron chi connectivity index (χ0n) is 31.7. The van der Waals surface area contributed by atoms with Crippen molar-refractivity contribution >= 4 is 80.0 Å². The number of rotatable bonds is 12. The van der Waals surface area contributed by atoms with E-state index in [-0.39, 0.29) is 65.4 Å². The number of aliphatic hydroxyl groups is 3. The largest absolute Gasteiger partial charge is 0.506 e. The fourth-order valence-electron chi connectivity index (χ4n) is 5.04. The molecule has 0 amide bonds. The van der Waals surface area contributed by atoms with Crippen LogP contribution in [0.2, 0.25) is 0 Å². The second kappa shape index (κ2) is 19.9. The Bertz CT molecular complexity index is 1890. The summed E-state index contributed by atoms with van der Waals surface area (Å²) >= 11 is 4.02. The second-order valence-corrected chi connectivity index (χ2v) is 16.2. The zero-order valence-corrected chi connectivity index (χ0v) is 36.0. The van der Waals surface area contributed by atoms with Gasteiger partial charge in [-0.25, -0.2) is 14.0 Å². The van der Waals surface area contributed by atoms with E-state index in [1.807, 2.05) is 64.1 Å². The van der Waals surface area contributed by atoms with E-state index >= 15 is 0 Å². The molecule has 2 atom stereocenters. The summed E-state index contributed by atoms with van der Waals surface area (Å²) in [4.78, 5) is 41.7. The third-order valence-corrected chi connectivity index (χ3v) is 9.80. The first kappa shape index (κ1) is 45.9. The Hall–Kier alpha value is -3.29. The van der Waals surface area contributed by atoms with Gasteiger partial charge in [-0.05, 0) is 82.0 Å². The summed E-state index contributed by atoms with van der Waals surface area (Å²) in [5.74, 6) is -1.92. The zero-order chi connectivity index (χ0) is 40.4. The van der Waals surface area contributed by atoms with Gasteiger partial charge >= 0.3 is 11.9 Å². The highest BCUT2D eigenvalue weighted by Gasteiger charge is 2.29. The van der Waals surface area contributed by atoms with Gasteiger partial charge in [0.15, 0.2) is 0 Å². The second-order valence-electron chi connectivity index (χ2n) is 13.9. The van der Waals surface area contributed by atoms with Gasteiger partial charge in [-0.15, -0.1) is 0 Å². The number of esters is 2. The summed E-state index contributed by atoms with van der Waals surface area (Å²) in [5, 5.41) is 30.5. The van der Waals surface area contributed by atoms with Crippen LogP contribution in [-0.2, 0) is 14.3 Å². The van der Waals surface area contributed by atoms with Gasteiger partial charge in [0, 0.05) is 29.9 Å². The molecule has 0 saturated carbocycles. The van der Waals surface area contributed by atoms with Crippen molar-refractivity contribution < 1.29 is 48.2 Å². The Balaban J connectivity index is 0.000000367. The predicted molar refractivity (Wildman–Crippen MR) is 220 cm³/mol. The highest BCUT2D eigenvalue weighted by Crippen LogP contribution is 2.35. The molecule has 0 bridgehead atoms. The van der Waals surface area contributed by atoms with E-state index in [1.165, 1.54) is 19.4 Å². The van der Waals surface area contributed by atoms with Crippen LogP contribution in [0.15, 0.2) is 45.8 Å². The van der Waals surface area contributed by atoms with Gasteiger partial charge in [0.2, 0.25) is 5.43 Å². The molecule has 0 unspecified atom stereocenters. The van der Waals surface area contributed by atoms with Crippen molar-refractivity contribution in [3.8, 4) is 11.5 Å². The highest BCUT2D eigenvalue weighted by molar-refractivity contribution is 14.1. The van der Waals surface area contributed by atoms with Crippen molar-refractivity contribution in [2.75, 3.05) is 40.6 Å². The minimum absolute atomic E-state index is 0.0389. The number of ether oxygens (including phenoxy) is 4. The molecule has 3 aromatic rings. The Kier molecular flexibility index (Phi) is 17.2. The molecule has 1 aromatic heterocycles. The van der Waals surface area contributed by atoms with Gasteiger partial charge in [0.05, 0.1) is 71.0 Å². The predicted octanol–water partition coefficient (Wildman–Crippen LogP) is 7.12. The van der Waals surface area contributed by atoms with Crippen molar-refractivity contribution in [2.45, 2.75) is 67.5 Å². The first-order valence-corrected chi connectivity index (χ1v) is 18.9. The topological polar surface area (TPSA) is 166 Å². The van der Waals surface area contributed by atoms with Gasteiger partial charge in [-0.3, -0.25) is 9.79 Å². The van der Waals surface area contributed by atoms with E-state index < -0.39 is 29.6 Å². The van der Waals surface area contributed by atoms with Crippen molar-refractivity contribution in [3.63, 3.8) is 0 Å². The lowest BCUT2D eigenvalue weighted by molar-refractivity contribution is -0.137. The van der Waals surface area contributed by atoms with E-state index in [1.54, 1.807) is 37.7 Å². The number of halogens is 3. The van der Waals surface area contributed by atoms with Crippen LogP contribution >= 0.6 is 45.2 Å². The molecule has 0 aliphatic heterocycles. The molecular formula is C38H49FI2N2O10. The minimum atomic E-state index is -0.838. The molecule has 0 aliphatic carbocycles. The molecular weight excluding hydrogens is 917 g/mol.